The molecule has 0 radical (unpaired) electrons. The molecule has 0 aliphatic heterocycles. The zero-order valence-corrected chi connectivity index (χ0v) is 14.1. The Morgan fingerprint density at radius 1 is 1.24 bits per heavy atom. The minimum atomic E-state index is -1.31. The van der Waals surface area contributed by atoms with E-state index in [1.165, 1.54) is 14.0 Å². The van der Waals surface area contributed by atoms with E-state index >= 15 is 0 Å². The molecule has 0 saturated heterocycles. The Kier molecular flexibility index (Phi) is 4.74. The number of nitrogens with zero attached hydrogens (tertiary/aromatic N) is 1. The third-order valence-corrected chi connectivity index (χ3v) is 4.31. The molecule has 1 aromatic carbocycles. The van der Waals surface area contributed by atoms with Crippen molar-refractivity contribution < 1.29 is 28.7 Å². The molecule has 0 spiro atoms. The second kappa shape index (κ2) is 6.96. The van der Waals surface area contributed by atoms with E-state index in [1.807, 2.05) is 0 Å². The van der Waals surface area contributed by atoms with Gasteiger partial charge in [-0.05, 0) is 50.8 Å². The number of hydrogen-bond acceptors (Lipinski definition) is 6. The van der Waals surface area contributed by atoms with Gasteiger partial charge in [0.1, 0.15) is 5.76 Å². The Balaban J connectivity index is 1.95. The topological polar surface area (TPSA) is 98.9 Å². The lowest BCUT2D eigenvalue weighted by Gasteiger charge is -2.16. The first-order chi connectivity index (χ1) is 12.0. The monoisotopic (exact) mass is 345 g/mol. The fourth-order valence-corrected chi connectivity index (χ4v) is 3.03. The molecule has 0 atom stereocenters. The number of ketones is 1. The van der Waals surface area contributed by atoms with Crippen LogP contribution in [0.5, 0.6) is 11.5 Å². The van der Waals surface area contributed by atoms with Gasteiger partial charge in [0.05, 0.1) is 18.8 Å². The lowest BCUT2D eigenvalue weighted by atomic mass is 10.0. The summed E-state index contributed by atoms with van der Waals surface area (Å²) in [6.07, 6.45) is 4.27. The zero-order valence-electron chi connectivity index (χ0n) is 14.1. The van der Waals surface area contributed by atoms with Crippen molar-refractivity contribution in [2.75, 3.05) is 7.11 Å². The van der Waals surface area contributed by atoms with Crippen LogP contribution in [0, 0.1) is 6.92 Å². The van der Waals surface area contributed by atoms with E-state index in [2.05, 4.69) is 5.16 Å². The van der Waals surface area contributed by atoms with Gasteiger partial charge in [-0.15, -0.1) is 0 Å². The average molecular weight is 345 g/mol. The van der Waals surface area contributed by atoms with Crippen LogP contribution in [0.2, 0.25) is 0 Å². The minimum absolute atomic E-state index is 0.0514. The summed E-state index contributed by atoms with van der Waals surface area (Å²) >= 11 is 0. The van der Waals surface area contributed by atoms with Gasteiger partial charge in [-0.1, -0.05) is 5.16 Å². The van der Waals surface area contributed by atoms with Crippen molar-refractivity contribution in [1.29, 1.82) is 0 Å². The molecular weight excluding hydrogens is 326 g/mol. The molecular formula is C18H19NO6. The van der Waals surface area contributed by atoms with Crippen molar-refractivity contribution in [1.82, 2.24) is 5.16 Å². The normalized spacial score (nSPS) is 14.5. The molecule has 1 saturated carbocycles. The van der Waals surface area contributed by atoms with Gasteiger partial charge >= 0.3 is 5.97 Å². The molecule has 3 rings (SSSR count). The Hall–Kier alpha value is -2.83. The number of carbonyl (C=O) groups is 2. The second-order valence-corrected chi connectivity index (χ2v) is 5.99. The number of carboxylic acids is 1. The fraction of sp³-hybridized carbons (Fsp3) is 0.389. The summed E-state index contributed by atoms with van der Waals surface area (Å²) in [4.78, 5) is 24.0. The molecule has 25 heavy (non-hydrogen) atoms. The smallest absolute Gasteiger partial charge is 0.358 e. The van der Waals surface area contributed by atoms with E-state index in [9.17, 15) is 14.7 Å². The molecule has 1 fully saturated rings. The molecule has 0 bridgehead atoms. The summed E-state index contributed by atoms with van der Waals surface area (Å²) in [5.41, 5.74) is -0.149. The number of aromatic carboxylic acids is 1. The minimum Gasteiger partial charge on any atom is -0.493 e. The Morgan fingerprint density at radius 3 is 2.60 bits per heavy atom. The van der Waals surface area contributed by atoms with Crippen LogP contribution < -0.4 is 9.47 Å². The number of carbonyl (C=O) groups excluding carboxylic acids is 1. The fourth-order valence-electron chi connectivity index (χ4n) is 3.03. The summed E-state index contributed by atoms with van der Waals surface area (Å²) in [6.45, 7) is 1.51. The summed E-state index contributed by atoms with van der Waals surface area (Å²) in [5, 5.41) is 12.6. The van der Waals surface area contributed by atoms with Crippen molar-refractivity contribution in [3.05, 3.63) is 40.8 Å². The third-order valence-electron chi connectivity index (χ3n) is 4.31. The lowest BCUT2D eigenvalue weighted by molar-refractivity contribution is 0.0682. The molecule has 7 heteroatoms. The van der Waals surface area contributed by atoms with Gasteiger partial charge in [-0.2, -0.15) is 0 Å². The maximum atomic E-state index is 12.8. The summed E-state index contributed by atoms with van der Waals surface area (Å²) in [5.74, 6) is -0.613. The number of aromatic nitrogens is 1. The molecule has 0 amide bonds. The van der Waals surface area contributed by atoms with Gasteiger partial charge < -0.3 is 19.1 Å². The van der Waals surface area contributed by atoms with Gasteiger partial charge in [0.25, 0.3) is 0 Å². The molecule has 2 aromatic rings. The van der Waals surface area contributed by atoms with Gasteiger partial charge in [0.15, 0.2) is 17.3 Å². The lowest BCUT2D eigenvalue weighted by Crippen LogP contribution is -2.13. The van der Waals surface area contributed by atoms with Gasteiger partial charge in [0.2, 0.25) is 5.69 Å². The Bertz CT molecular complexity index is 804. The highest BCUT2D eigenvalue weighted by molar-refractivity contribution is 6.14. The van der Waals surface area contributed by atoms with Crippen LogP contribution in [0.15, 0.2) is 22.7 Å². The number of aryl methyl sites for hydroxylation is 1. The maximum Gasteiger partial charge on any atom is 0.358 e. The third kappa shape index (κ3) is 3.35. The van der Waals surface area contributed by atoms with Crippen LogP contribution in [0.1, 0.15) is 57.9 Å². The van der Waals surface area contributed by atoms with Crippen LogP contribution in [0.4, 0.5) is 0 Å². The van der Waals surface area contributed by atoms with E-state index in [1.54, 1.807) is 18.2 Å². The number of rotatable bonds is 6. The number of hydrogen-bond donors (Lipinski definition) is 1. The van der Waals surface area contributed by atoms with Gasteiger partial charge in [-0.3, -0.25) is 4.79 Å². The largest absolute Gasteiger partial charge is 0.493 e. The Morgan fingerprint density at radius 2 is 1.96 bits per heavy atom. The molecule has 7 nitrogen and oxygen atoms in total. The standard InChI is InChI=1S/C18H19NO6/c1-10-15(16(18(21)22)19-25-10)17(20)11-7-8-13(23-2)14(9-11)24-12-5-3-4-6-12/h7-9,12H,3-6H2,1-2H3,(H,21,22). The SMILES string of the molecule is COc1ccc(C(=O)c2c(C(=O)O)noc2C)cc1OC1CCCC1. The van der Waals surface area contributed by atoms with Crippen molar-refractivity contribution in [2.24, 2.45) is 0 Å². The first-order valence-electron chi connectivity index (χ1n) is 8.10. The van der Waals surface area contributed by atoms with Crippen molar-refractivity contribution in [3.63, 3.8) is 0 Å². The van der Waals surface area contributed by atoms with Crippen LogP contribution in [-0.2, 0) is 0 Å². The molecule has 0 unspecified atom stereocenters. The van der Waals surface area contributed by atoms with Crippen LogP contribution in [0.3, 0.4) is 0 Å². The first-order valence-corrected chi connectivity index (χ1v) is 8.10. The molecule has 132 valence electrons. The van der Waals surface area contributed by atoms with E-state index in [0.29, 0.717) is 17.1 Å². The number of ether oxygens (including phenoxy) is 2. The highest BCUT2D eigenvalue weighted by Crippen LogP contribution is 2.33. The molecule has 1 aliphatic carbocycles. The maximum absolute atomic E-state index is 12.8. The predicted octanol–water partition coefficient (Wildman–Crippen LogP) is 3.24. The van der Waals surface area contributed by atoms with Crippen LogP contribution in [0.25, 0.3) is 0 Å². The van der Waals surface area contributed by atoms with E-state index in [-0.39, 0.29) is 17.4 Å². The van der Waals surface area contributed by atoms with E-state index < -0.39 is 17.4 Å². The molecule has 1 aliphatic rings. The van der Waals surface area contributed by atoms with Crippen molar-refractivity contribution in [2.45, 2.75) is 38.7 Å². The highest BCUT2D eigenvalue weighted by atomic mass is 16.5. The number of methoxy groups -OCH3 is 1. The van der Waals surface area contributed by atoms with Gasteiger partial charge in [0, 0.05) is 5.56 Å². The summed E-state index contributed by atoms with van der Waals surface area (Å²) in [7, 11) is 1.53. The van der Waals surface area contributed by atoms with Crippen LogP contribution >= 0.6 is 0 Å². The predicted molar refractivity (Wildman–Crippen MR) is 87.5 cm³/mol. The number of benzene rings is 1. The molecule has 1 N–H and O–H groups in total. The summed E-state index contributed by atoms with van der Waals surface area (Å²) in [6, 6.07) is 4.79. The molecule has 1 aromatic heterocycles. The second-order valence-electron chi connectivity index (χ2n) is 5.99. The average Bonchev–Trinajstić information content (AvgIpc) is 3.23. The van der Waals surface area contributed by atoms with Crippen molar-refractivity contribution in [3.8, 4) is 11.5 Å². The van der Waals surface area contributed by atoms with E-state index in [0.717, 1.165) is 25.7 Å². The Labute approximate surface area is 144 Å². The zero-order chi connectivity index (χ0) is 18.0. The van der Waals surface area contributed by atoms with Crippen molar-refractivity contribution >= 4 is 11.8 Å². The van der Waals surface area contributed by atoms with Crippen LogP contribution in [-0.4, -0.2) is 35.2 Å². The number of carboxylic acid groups (broad SMARTS) is 1. The van der Waals surface area contributed by atoms with Gasteiger partial charge in [-0.25, -0.2) is 4.79 Å². The molecule has 1 heterocycles. The quantitative estimate of drug-likeness (QED) is 0.802. The first kappa shape index (κ1) is 17.0. The summed E-state index contributed by atoms with van der Waals surface area (Å²) < 4.78 is 16.2. The highest BCUT2D eigenvalue weighted by Gasteiger charge is 2.27. The van der Waals surface area contributed by atoms with E-state index in [4.69, 9.17) is 14.0 Å².